The summed E-state index contributed by atoms with van der Waals surface area (Å²) in [6, 6.07) is 10.00. The number of aliphatic hydroxyl groups is 1. The second-order valence-corrected chi connectivity index (χ2v) is 3.82. The Labute approximate surface area is 89.1 Å². The van der Waals surface area contributed by atoms with E-state index in [1.807, 2.05) is 30.3 Å². The molecule has 1 aromatic carbocycles. The summed E-state index contributed by atoms with van der Waals surface area (Å²) in [5.74, 6) is 0. The molecule has 4 heteroatoms. The van der Waals surface area contributed by atoms with Gasteiger partial charge in [0.15, 0.2) is 0 Å². The van der Waals surface area contributed by atoms with E-state index in [4.69, 9.17) is 0 Å². The second-order valence-electron chi connectivity index (χ2n) is 3.82. The molecule has 1 fully saturated rings. The minimum atomic E-state index is -0.724. The minimum Gasteiger partial charge on any atom is -0.376 e. The van der Waals surface area contributed by atoms with E-state index in [0.717, 1.165) is 11.5 Å². The lowest BCUT2D eigenvalue weighted by molar-refractivity contribution is -0.199. The van der Waals surface area contributed by atoms with Gasteiger partial charge in [-0.15, -0.1) is 5.06 Å². The monoisotopic (exact) mass is 208 g/mol. The van der Waals surface area contributed by atoms with Gasteiger partial charge in [0, 0.05) is 6.54 Å². The molecule has 1 aliphatic heterocycles. The Bertz CT molecular complexity index is 305. The maximum atomic E-state index is 9.46. The van der Waals surface area contributed by atoms with Crippen molar-refractivity contribution in [2.45, 2.75) is 31.8 Å². The largest absolute Gasteiger partial charge is 0.376 e. The summed E-state index contributed by atoms with van der Waals surface area (Å²) in [7, 11) is 0. The fourth-order valence-corrected chi connectivity index (χ4v) is 1.81. The summed E-state index contributed by atoms with van der Waals surface area (Å²) >= 11 is 0. The molecule has 2 unspecified atom stereocenters. The van der Waals surface area contributed by atoms with Gasteiger partial charge in [-0.25, -0.2) is 0 Å². The van der Waals surface area contributed by atoms with Gasteiger partial charge in [-0.1, -0.05) is 30.3 Å². The minimum absolute atomic E-state index is 0.139. The maximum absolute atomic E-state index is 9.46. The first-order valence-electron chi connectivity index (χ1n) is 5.20. The van der Waals surface area contributed by atoms with Crippen molar-refractivity contribution in [3.05, 3.63) is 35.9 Å². The number of hydrogen-bond donors (Lipinski definition) is 3. The van der Waals surface area contributed by atoms with Crippen LogP contribution in [0.1, 0.15) is 18.4 Å². The van der Waals surface area contributed by atoms with E-state index in [9.17, 15) is 10.3 Å². The van der Waals surface area contributed by atoms with Crippen LogP contribution in [0.5, 0.6) is 0 Å². The van der Waals surface area contributed by atoms with Crippen LogP contribution < -0.4 is 5.32 Å². The topological polar surface area (TPSA) is 55.7 Å². The lowest BCUT2D eigenvalue weighted by atomic mass is 10.2. The maximum Gasteiger partial charge on any atom is 0.131 e. The predicted molar refractivity (Wildman–Crippen MR) is 55.9 cm³/mol. The standard InChI is InChI=1S/C11H16N2O2/c14-11-7-6-10(13(11)15)12-8-9-4-2-1-3-5-9/h1-5,10-12,14-15H,6-8H2. The highest BCUT2D eigenvalue weighted by atomic mass is 16.5. The van der Waals surface area contributed by atoms with Crippen molar-refractivity contribution in [1.29, 1.82) is 0 Å². The molecule has 82 valence electrons. The van der Waals surface area contributed by atoms with E-state index in [-0.39, 0.29) is 6.17 Å². The second kappa shape index (κ2) is 4.72. The molecule has 1 aliphatic rings. The number of hydrogen-bond acceptors (Lipinski definition) is 4. The van der Waals surface area contributed by atoms with Crippen LogP contribution in [0.15, 0.2) is 30.3 Å². The van der Waals surface area contributed by atoms with E-state index < -0.39 is 6.23 Å². The molecular formula is C11H16N2O2. The van der Waals surface area contributed by atoms with Crippen molar-refractivity contribution in [3.63, 3.8) is 0 Å². The van der Waals surface area contributed by atoms with Crippen molar-refractivity contribution in [3.8, 4) is 0 Å². The zero-order valence-electron chi connectivity index (χ0n) is 8.50. The van der Waals surface area contributed by atoms with E-state index in [1.54, 1.807) is 0 Å². The molecule has 0 aliphatic carbocycles. The smallest absolute Gasteiger partial charge is 0.131 e. The molecule has 1 aromatic rings. The lowest BCUT2D eigenvalue weighted by Gasteiger charge is -2.21. The first kappa shape index (κ1) is 10.6. The van der Waals surface area contributed by atoms with Crippen LogP contribution in [0.25, 0.3) is 0 Å². The fourth-order valence-electron chi connectivity index (χ4n) is 1.81. The Morgan fingerprint density at radius 3 is 2.60 bits per heavy atom. The summed E-state index contributed by atoms with van der Waals surface area (Å²) < 4.78 is 0. The van der Waals surface area contributed by atoms with Gasteiger partial charge in [0.25, 0.3) is 0 Å². The number of benzene rings is 1. The molecule has 0 spiro atoms. The van der Waals surface area contributed by atoms with Gasteiger partial charge < -0.3 is 10.3 Å². The molecule has 0 amide bonds. The van der Waals surface area contributed by atoms with Crippen molar-refractivity contribution >= 4 is 0 Å². The Morgan fingerprint density at radius 2 is 2.00 bits per heavy atom. The van der Waals surface area contributed by atoms with Crippen molar-refractivity contribution in [2.24, 2.45) is 0 Å². The molecule has 0 aromatic heterocycles. The third-order valence-electron chi connectivity index (χ3n) is 2.71. The van der Waals surface area contributed by atoms with Gasteiger partial charge in [-0.05, 0) is 18.4 Å². The first-order chi connectivity index (χ1) is 7.27. The first-order valence-corrected chi connectivity index (χ1v) is 5.20. The van der Waals surface area contributed by atoms with Gasteiger partial charge in [0.2, 0.25) is 0 Å². The third-order valence-corrected chi connectivity index (χ3v) is 2.71. The molecule has 0 saturated carbocycles. The van der Waals surface area contributed by atoms with Crippen molar-refractivity contribution < 1.29 is 10.3 Å². The van der Waals surface area contributed by atoms with Crippen molar-refractivity contribution in [2.75, 3.05) is 0 Å². The normalized spacial score (nSPS) is 27.1. The molecule has 2 rings (SSSR count). The van der Waals surface area contributed by atoms with Gasteiger partial charge in [0.05, 0.1) is 6.17 Å². The highest BCUT2D eigenvalue weighted by Gasteiger charge is 2.30. The Kier molecular flexibility index (Phi) is 3.33. The Hall–Kier alpha value is -0.940. The average Bonchev–Trinajstić information content (AvgIpc) is 2.59. The summed E-state index contributed by atoms with van der Waals surface area (Å²) in [6.45, 7) is 0.704. The molecule has 4 nitrogen and oxygen atoms in total. The van der Waals surface area contributed by atoms with Crippen LogP contribution in [0.2, 0.25) is 0 Å². The number of hydroxylamine groups is 2. The van der Waals surface area contributed by atoms with Gasteiger partial charge in [-0.2, -0.15) is 0 Å². The Morgan fingerprint density at radius 1 is 1.27 bits per heavy atom. The number of rotatable bonds is 3. The predicted octanol–water partition coefficient (Wildman–Crippen LogP) is 0.906. The lowest BCUT2D eigenvalue weighted by Crippen LogP contribution is -2.42. The van der Waals surface area contributed by atoms with Crippen molar-refractivity contribution in [1.82, 2.24) is 10.4 Å². The van der Waals surface area contributed by atoms with Crippen LogP contribution in [0.4, 0.5) is 0 Å². The quantitative estimate of drug-likeness (QED) is 0.691. The number of nitrogens with zero attached hydrogens (tertiary/aromatic N) is 1. The van der Waals surface area contributed by atoms with Crippen LogP contribution in [0.3, 0.4) is 0 Å². The molecule has 0 radical (unpaired) electrons. The molecule has 15 heavy (non-hydrogen) atoms. The summed E-state index contributed by atoms with van der Waals surface area (Å²) in [5.41, 5.74) is 1.17. The van der Waals surface area contributed by atoms with E-state index in [2.05, 4.69) is 5.32 Å². The van der Waals surface area contributed by atoms with Gasteiger partial charge in [0.1, 0.15) is 6.23 Å². The van der Waals surface area contributed by atoms with Crippen LogP contribution >= 0.6 is 0 Å². The van der Waals surface area contributed by atoms with Crippen LogP contribution in [-0.2, 0) is 6.54 Å². The SMILES string of the molecule is OC1CCC(NCc2ccccc2)N1O. The zero-order chi connectivity index (χ0) is 10.7. The summed E-state index contributed by atoms with van der Waals surface area (Å²) in [5, 5.41) is 22.9. The zero-order valence-corrected chi connectivity index (χ0v) is 8.50. The third kappa shape index (κ3) is 2.54. The van der Waals surface area contributed by atoms with Gasteiger partial charge >= 0.3 is 0 Å². The molecule has 3 N–H and O–H groups in total. The molecular weight excluding hydrogens is 192 g/mol. The van der Waals surface area contributed by atoms with E-state index in [0.29, 0.717) is 13.0 Å². The Balaban J connectivity index is 1.84. The molecule has 2 atom stereocenters. The molecule has 1 saturated heterocycles. The van der Waals surface area contributed by atoms with Crippen LogP contribution in [0, 0.1) is 0 Å². The van der Waals surface area contributed by atoms with Crippen LogP contribution in [-0.4, -0.2) is 27.8 Å². The molecule has 0 bridgehead atoms. The summed E-state index contributed by atoms with van der Waals surface area (Å²) in [4.78, 5) is 0. The summed E-state index contributed by atoms with van der Waals surface area (Å²) in [6.07, 6.45) is 0.520. The number of aliphatic hydroxyl groups excluding tert-OH is 1. The average molecular weight is 208 g/mol. The van der Waals surface area contributed by atoms with E-state index in [1.165, 1.54) is 5.56 Å². The highest BCUT2D eigenvalue weighted by molar-refractivity contribution is 5.14. The highest BCUT2D eigenvalue weighted by Crippen LogP contribution is 2.18. The fraction of sp³-hybridized carbons (Fsp3) is 0.455. The number of nitrogens with one attached hydrogen (secondary N) is 1. The van der Waals surface area contributed by atoms with Gasteiger partial charge in [-0.3, -0.25) is 5.32 Å². The van der Waals surface area contributed by atoms with E-state index >= 15 is 0 Å². The molecule has 1 heterocycles.